The first-order chi connectivity index (χ1) is 12.2. The average Bonchev–Trinajstić information content (AvgIpc) is 2.96. The molecule has 0 saturated heterocycles. The molecule has 0 saturated carbocycles. The molecule has 3 rings (SSSR count). The van der Waals surface area contributed by atoms with Gasteiger partial charge in [-0.3, -0.25) is 9.78 Å². The van der Waals surface area contributed by atoms with E-state index in [0.717, 1.165) is 22.3 Å². The Hall–Kier alpha value is -2.37. The molecule has 0 bridgehead atoms. The maximum absolute atomic E-state index is 13.7. The van der Waals surface area contributed by atoms with Crippen LogP contribution in [0.5, 0.6) is 0 Å². The van der Waals surface area contributed by atoms with Crippen LogP contribution in [-0.4, -0.2) is 22.0 Å². The third-order valence-corrected chi connectivity index (χ3v) is 4.94. The summed E-state index contributed by atoms with van der Waals surface area (Å²) in [6.07, 6.45) is -3.34. The first-order valence-electron chi connectivity index (χ1n) is 8.52. The van der Waals surface area contributed by atoms with Crippen LogP contribution in [0.1, 0.15) is 33.5 Å². The molecule has 1 amide bonds. The van der Waals surface area contributed by atoms with Crippen LogP contribution in [0.15, 0.2) is 30.5 Å². The molecule has 6 heteroatoms. The van der Waals surface area contributed by atoms with Crippen molar-refractivity contribution < 1.29 is 18.0 Å². The van der Waals surface area contributed by atoms with Gasteiger partial charge in [-0.1, -0.05) is 23.8 Å². The summed E-state index contributed by atoms with van der Waals surface area (Å²) in [6.45, 7) is 5.81. The Morgan fingerprint density at radius 1 is 1.19 bits per heavy atom. The van der Waals surface area contributed by atoms with E-state index in [2.05, 4.69) is 4.98 Å². The van der Waals surface area contributed by atoms with Crippen LogP contribution in [-0.2, 0) is 24.3 Å². The highest BCUT2D eigenvalue weighted by Gasteiger charge is 2.47. The van der Waals surface area contributed by atoms with Gasteiger partial charge in [0.05, 0.1) is 12.2 Å². The minimum atomic E-state index is -4.59. The van der Waals surface area contributed by atoms with Crippen molar-refractivity contribution in [1.29, 1.82) is 0 Å². The van der Waals surface area contributed by atoms with Crippen LogP contribution in [0.4, 0.5) is 13.2 Å². The Bertz CT molecular complexity index is 797. The van der Waals surface area contributed by atoms with Crippen LogP contribution in [0, 0.1) is 26.7 Å². The summed E-state index contributed by atoms with van der Waals surface area (Å²) in [5, 5.41) is 0. The van der Waals surface area contributed by atoms with Crippen LogP contribution in [0.2, 0.25) is 0 Å². The fraction of sp³-hybridized carbons (Fsp3) is 0.400. The van der Waals surface area contributed by atoms with E-state index in [1.165, 1.54) is 4.90 Å². The lowest BCUT2D eigenvalue weighted by molar-refractivity contribution is -0.189. The first-order valence-corrected chi connectivity index (χ1v) is 8.52. The largest absolute Gasteiger partial charge is 0.400 e. The highest BCUT2D eigenvalue weighted by atomic mass is 19.4. The zero-order valence-electron chi connectivity index (χ0n) is 15.0. The van der Waals surface area contributed by atoms with Gasteiger partial charge in [-0.15, -0.1) is 0 Å². The van der Waals surface area contributed by atoms with Crippen molar-refractivity contribution in [3.05, 3.63) is 64.0 Å². The third kappa shape index (κ3) is 3.59. The number of amides is 1. The molecule has 26 heavy (non-hydrogen) atoms. The van der Waals surface area contributed by atoms with Crippen molar-refractivity contribution in [2.24, 2.45) is 5.92 Å². The molecule has 2 heterocycles. The molecule has 0 radical (unpaired) electrons. The van der Waals surface area contributed by atoms with Crippen LogP contribution >= 0.6 is 0 Å². The third-order valence-electron chi connectivity index (χ3n) is 4.94. The lowest BCUT2D eigenvalue weighted by Crippen LogP contribution is -2.41. The van der Waals surface area contributed by atoms with Gasteiger partial charge < -0.3 is 4.90 Å². The minimum absolute atomic E-state index is 0.132. The molecular formula is C20H21F3N2O. The monoisotopic (exact) mass is 362 g/mol. The fourth-order valence-electron chi connectivity index (χ4n) is 3.66. The topological polar surface area (TPSA) is 33.2 Å². The van der Waals surface area contributed by atoms with Crippen molar-refractivity contribution in [3.63, 3.8) is 0 Å². The Morgan fingerprint density at radius 3 is 2.42 bits per heavy atom. The number of pyridine rings is 1. The predicted molar refractivity (Wildman–Crippen MR) is 92.4 cm³/mol. The molecule has 138 valence electrons. The highest BCUT2D eigenvalue weighted by Crippen LogP contribution is 2.34. The Balaban J connectivity index is 1.87. The van der Waals surface area contributed by atoms with E-state index < -0.39 is 18.0 Å². The van der Waals surface area contributed by atoms with E-state index in [1.54, 1.807) is 32.2 Å². The lowest BCUT2D eigenvalue weighted by atomic mass is 9.90. The molecule has 0 aliphatic carbocycles. The average molecular weight is 362 g/mol. The molecular weight excluding hydrogens is 341 g/mol. The standard InChI is InChI=1S/C20H21F3N2O/c1-12-7-13(2)16(14(3)8-12)9-17(20(21,22)23)19(26)25-10-15-5-4-6-24-18(15)11-25/h4-8,17H,9-11H2,1-3H3. The van der Waals surface area contributed by atoms with E-state index >= 15 is 0 Å². The molecule has 1 aliphatic heterocycles. The summed E-state index contributed by atoms with van der Waals surface area (Å²) in [6, 6.07) is 7.24. The number of halogens is 3. The number of hydrogen-bond donors (Lipinski definition) is 0. The number of rotatable bonds is 3. The van der Waals surface area contributed by atoms with Gasteiger partial charge in [0.1, 0.15) is 5.92 Å². The van der Waals surface area contributed by atoms with E-state index in [-0.39, 0.29) is 19.5 Å². The molecule has 0 spiro atoms. The second-order valence-electron chi connectivity index (χ2n) is 6.98. The summed E-state index contributed by atoms with van der Waals surface area (Å²) in [7, 11) is 0. The van der Waals surface area contributed by atoms with Gasteiger partial charge in [0.15, 0.2) is 0 Å². The van der Waals surface area contributed by atoms with Gasteiger partial charge in [-0.05, 0) is 55.5 Å². The quantitative estimate of drug-likeness (QED) is 0.817. The second-order valence-corrected chi connectivity index (χ2v) is 6.98. The number of fused-ring (bicyclic) bond motifs is 1. The number of carbonyl (C=O) groups is 1. The predicted octanol–water partition coefficient (Wildman–Crippen LogP) is 4.27. The van der Waals surface area contributed by atoms with Crippen LogP contribution in [0.25, 0.3) is 0 Å². The fourth-order valence-corrected chi connectivity index (χ4v) is 3.66. The molecule has 1 atom stereocenters. The number of hydrogen-bond acceptors (Lipinski definition) is 2. The van der Waals surface area contributed by atoms with Crippen LogP contribution in [0.3, 0.4) is 0 Å². The van der Waals surface area contributed by atoms with Crippen LogP contribution < -0.4 is 0 Å². The van der Waals surface area contributed by atoms with Gasteiger partial charge in [0.2, 0.25) is 5.91 Å². The van der Waals surface area contributed by atoms with Gasteiger partial charge in [-0.25, -0.2) is 0 Å². The van der Waals surface area contributed by atoms with E-state index in [9.17, 15) is 18.0 Å². The van der Waals surface area contributed by atoms with E-state index in [4.69, 9.17) is 0 Å². The molecule has 2 aromatic rings. The molecule has 1 aromatic carbocycles. The van der Waals surface area contributed by atoms with Crippen molar-refractivity contribution in [2.75, 3.05) is 0 Å². The smallest absolute Gasteiger partial charge is 0.332 e. The minimum Gasteiger partial charge on any atom is -0.332 e. The van der Waals surface area contributed by atoms with E-state index in [0.29, 0.717) is 11.3 Å². The summed E-state index contributed by atoms with van der Waals surface area (Å²) >= 11 is 0. The second kappa shape index (κ2) is 6.74. The van der Waals surface area contributed by atoms with Crippen molar-refractivity contribution in [1.82, 2.24) is 9.88 Å². The van der Waals surface area contributed by atoms with Crippen molar-refractivity contribution in [3.8, 4) is 0 Å². The Kier molecular flexibility index (Phi) is 4.78. The Labute approximate surface area is 150 Å². The van der Waals surface area contributed by atoms with Crippen molar-refractivity contribution in [2.45, 2.75) is 46.5 Å². The number of alkyl halides is 3. The number of aryl methyl sites for hydroxylation is 3. The normalized spacial score (nSPS) is 15.1. The summed E-state index contributed by atoms with van der Waals surface area (Å²) in [4.78, 5) is 18.2. The van der Waals surface area contributed by atoms with Gasteiger partial charge in [-0.2, -0.15) is 13.2 Å². The van der Waals surface area contributed by atoms with Gasteiger partial charge in [0.25, 0.3) is 0 Å². The molecule has 0 N–H and O–H groups in total. The Morgan fingerprint density at radius 2 is 1.85 bits per heavy atom. The molecule has 1 aliphatic rings. The maximum Gasteiger partial charge on any atom is 0.400 e. The highest BCUT2D eigenvalue weighted by molar-refractivity contribution is 5.80. The summed E-state index contributed by atoms with van der Waals surface area (Å²) in [5.41, 5.74) is 4.65. The SMILES string of the molecule is Cc1cc(C)c(CC(C(=O)N2Cc3cccnc3C2)C(F)(F)F)c(C)c1. The molecule has 1 aromatic heterocycles. The summed E-state index contributed by atoms with van der Waals surface area (Å²) < 4.78 is 41.2. The number of carbonyl (C=O) groups excluding carboxylic acids is 1. The number of benzene rings is 1. The van der Waals surface area contributed by atoms with Gasteiger partial charge >= 0.3 is 6.18 Å². The van der Waals surface area contributed by atoms with Crippen molar-refractivity contribution >= 4 is 5.91 Å². The van der Waals surface area contributed by atoms with E-state index in [1.807, 2.05) is 19.1 Å². The summed E-state index contributed by atoms with van der Waals surface area (Å²) in [5.74, 6) is -2.92. The molecule has 3 nitrogen and oxygen atoms in total. The molecule has 0 fully saturated rings. The number of aromatic nitrogens is 1. The zero-order valence-corrected chi connectivity index (χ0v) is 15.0. The maximum atomic E-state index is 13.7. The zero-order chi connectivity index (χ0) is 19.1. The lowest BCUT2D eigenvalue weighted by Gasteiger charge is -2.26. The first kappa shape index (κ1) is 18.4. The molecule has 1 unspecified atom stereocenters. The van der Waals surface area contributed by atoms with Gasteiger partial charge in [0, 0.05) is 12.7 Å². The number of nitrogens with zero attached hydrogens (tertiary/aromatic N) is 2.